The van der Waals surface area contributed by atoms with Crippen LogP contribution in [0, 0.1) is 10.1 Å². The van der Waals surface area contributed by atoms with E-state index in [9.17, 15) is 14.9 Å². The maximum absolute atomic E-state index is 12.1. The highest BCUT2D eigenvalue weighted by Gasteiger charge is 2.09. The van der Waals surface area contributed by atoms with Crippen molar-refractivity contribution in [3.63, 3.8) is 0 Å². The molecule has 0 aliphatic rings. The smallest absolute Gasteiger partial charge is 0.277 e. The summed E-state index contributed by atoms with van der Waals surface area (Å²) in [6.45, 7) is -0.201. The molecule has 1 heterocycles. The minimum atomic E-state index is -0.462. The highest BCUT2D eigenvalue weighted by atomic mass is 16.6. The molecule has 1 aromatic heterocycles. The Balaban J connectivity index is 1.32. The molecule has 0 aliphatic carbocycles. The molecule has 1 N–H and O–H groups in total. The molecule has 0 saturated carbocycles. The Bertz CT molecular complexity index is 1280. The first-order chi connectivity index (χ1) is 16.1. The highest BCUT2D eigenvalue weighted by molar-refractivity contribution is 5.82. The van der Waals surface area contributed by atoms with Gasteiger partial charge in [0.1, 0.15) is 17.3 Å². The van der Waals surface area contributed by atoms with Gasteiger partial charge in [-0.3, -0.25) is 14.9 Å². The number of para-hydroxylation sites is 1. The number of nitrogens with one attached hydrogen (secondary N) is 1. The average molecular weight is 441 g/mol. The summed E-state index contributed by atoms with van der Waals surface area (Å²) < 4.78 is 11.3. The molecule has 0 unspecified atom stereocenters. The molecule has 0 saturated heterocycles. The SMILES string of the molecule is O=C(COc1ccccc1-c1ccccc1)N/N=C/c1ccc(-c2ccc([N+](=O)[O-])cc2)o1. The summed E-state index contributed by atoms with van der Waals surface area (Å²) in [6.07, 6.45) is 1.37. The minimum absolute atomic E-state index is 0.00316. The number of benzene rings is 3. The third kappa shape index (κ3) is 5.50. The number of ether oxygens (including phenoxy) is 1. The molecule has 8 nitrogen and oxygen atoms in total. The van der Waals surface area contributed by atoms with Crippen LogP contribution in [0.2, 0.25) is 0 Å². The summed E-state index contributed by atoms with van der Waals surface area (Å²) in [5.41, 5.74) is 4.98. The van der Waals surface area contributed by atoms with Gasteiger partial charge in [0.15, 0.2) is 6.61 Å². The molecule has 0 spiro atoms. The molecule has 4 aromatic rings. The number of hydrogen-bond donors (Lipinski definition) is 1. The van der Waals surface area contributed by atoms with Gasteiger partial charge in [-0.05, 0) is 35.9 Å². The van der Waals surface area contributed by atoms with Crippen molar-refractivity contribution in [3.05, 3.63) is 107 Å². The number of nitrogens with zero attached hydrogens (tertiary/aromatic N) is 2. The zero-order valence-electron chi connectivity index (χ0n) is 17.4. The van der Waals surface area contributed by atoms with E-state index in [1.165, 1.54) is 18.3 Å². The van der Waals surface area contributed by atoms with E-state index < -0.39 is 10.8 Å². The molecule has 0 atom stereocenters. The average Bonchev–Trinajstić information content (AvgIpc) is 3.32. The maximum atomic E-state index is 12.1. The second-order valence-corrected chi connectivity index (χ2v) is 6.95. The first kappa shape index (κ1) is 21.5. The number of carbonyl (C=O) groups excluding carboxylic acids is 1. The predicted molar refractivity (Wildman–Crippen MR) is 124 cm³/mol. The second-order valence-electron chi connectivity index (χ2n) is 6.95. The molecule has 1 amide bonds. The lowest BCUT2D eigenvalue weighted by atomic mass is 10.1. The van der Waals surface area contributed by atoms with Crippen LogP contribution in [0.1, 0.15) is 5.76 Å². The summed E-state index contributed by atoms with van der Waals surface area (Å²) >= 11 is 0. The molecule has 0 fully saturated rings. The summed E-state index contributed by atoms with van der Waals surface area (Å²) in [4.78, 5) is 22.4. The third-order valence-corrected chi connectivity index (χ3v) is 4.70. The van der Waals surface area contributed by atoms with Crippen molar-refractivity contribution in [2.75, 3.05) is 6.61 Å². The Kier molecular flexibility index (Phi) is 6.56. The number of hydrogen-bond acceptors (Lipinski definition) is 6. The van der Waals surface area contributed by atoms with Crippen molar-refractivity contribution in [1.29, 1.82) is 0 Å². The van der Waals surface area contributed by atoms with Gasteiger partial charge in [0.05, 0.1) is 11.1 Å². The van der Waals surface area contributed by atoms with Gasteiger partial charge in [0, 0.05) is 23.3 Å². The van der Waals surface area contributed by atoms with Crippen LogP contribution >= 0.6 is 0 Å². The minimum Gasteiger partial charge on any atom is -0.483 e. The normalized spacial score (nSPS) is 10.8. The second kappa shape index (κ2) is 10.1. The zero-order valence-corrected chi connectivity index (χ0v) is 17.4. The number of non-ortho nitro benzene ring substituents is 1. The van der Waals surface area contributed by atoms with Gasteiger partial charge in [0.25, 0.3) is 11.6 Å². The summed E-state index contributed by atoms with van der Waals surface area (Å²) in [6, 6.07) is 26.7. The van der Waals surface area contributed by atoms with E-state index in [0.717, 1.165) is 11.1 Å². The number of hydrazone groups is 1. The summed E-state index contributed by atoms with van der Waals surface area (Å²) in [5, 5.41) is 14.6. The fraction of sp³-hybridized carbons (Fsp3) is 0.0400. The number of furan rings is 1. The lowest BCUT2D eigenvalue weighted by Crippen LogP contribution is -2.24. The van der Waals surface area contributed by atoms with Crippen LogP contribution in [0.4, 0.5) is 5.69 Å². The van der Waals surface area contributed by atoms with E-state index in [-0.39, 0.29) is 12.3 Å². The monoisotopic (exact) mass is 441 g/mol. The number of nitro groups is 1. The Morgan fingerprint density at radius 3 is 2.42 bits per heavy atom. The van der Waals surface area contributed by atoms with E-state index in [4.69, 9.17) is 9.15 Å². The number of rotatable bonds is 8. The van der Waals surface area contributed by atoms with Crippen molar-refractivity contribution < 1.29 is 18.9 Å². The molecule has 0 bridgehead atoms. The zero-order chi connectivity index (χ0) is 23.0. The first-order valence-corrected chi connectivity index (χ1v) is 10.0. The van der Waals surface area contributed by atoms with Crippen LogP contribution in [-0.4, -0.2) is 23.7 Å². The Hall–Kier alpha value is -4.72. The van der Waals surface area contributed by atoms with Crippen molar-refractivity contribution >= 4 is 17.8 Å². The predicted octanol–water partition coefficient (Wildman–Crippen LogP) is 5.05. The molecule has 164 valence electrons. The van der Waals surface area contributed by atoms with Gasteiger partial charge in [-0.1, -0.05) is 48.5 Å². The van der Waals surface area contributed by atoms with Crippen LogP contribution < -0.4 is 10.2 Å². The Labute approximate surface area is 189 Å². The number of nitro benzene ring substituents is 1. The van der Waals surface area contributed by atoms with Gasteiger partial charge in [-0.15, -0.1) is 0 Å². The van der Waals surface area contributed by atoms with Gasteiger partial charge in [-0.25, -0.2) is 5.43 Å². The number of carbonyl (C=O) groups is 1. The molecular weight excluding hydrogens is 422 g/mol. The van der Waals surface area contributed by atoms with Crippen LogP contribution in [0.15, 0.2) is 101 Å². The van der Waals surface area contributed by atoms with Crippen LogP contribution in [0.25, 0.3) is 22.5 Å². The molecule has 0 aliphatic heterocycles. The lowest BCUT2D eigenvalue weighted by molar-refractivity contribution is -0.384. The van der Waals surface area contributed by atoms with Gasteiger partial charge in [-0.2, -0.15) is 5.10 Å². The molecule has 0 radical (unpaired) electrons. The standard InChI is InChI=1S/C25H19N3O5/c29-25(17-32-24-9-5-4-8-22(24)18-6-2-1-3-7-18)27-26-16-21-14-15-23(33-21)19-10-12-20(13-11-19)28(30)31/h1-16H,17H2,(H,27,29)/b26-16+. The van der Waals surface area contributed by atoms with Crippen molar-refractivity contribution in [1.82, 2.24) is 5.43 Å². The maximum Gasteiger partial charge on any atom is 0.277 e. The van der Waals surface area contributed by atoms with Crippen molar-refractivity contribution in [2.24, 2.45) is 5.10 Å². The fourth-order valence-electron chi connectivity index (χ4n) is 3.12. The first-order valence-electron chi connectivity index (χ1n) is 10.0. The van der Waals surface area contributed by atoms with E-state index in [1.54, 1.807) is 30.3 Å². The van der Waals surface area contributed by atoms with Crippen LogP contribution in [0.5, 0.6) is 5.75 Å². The highest BCUT2D eigenvalue weighted by Crippen LogP contribution is 2.29. The van der Waals surface area contributed by atoms with Crippen molar-refractivity contribution in [2.45, 2.75) is 0 Å². The Morgan fingerprint density at radius 2 is 1.67 bits per heavy atom. The van der Waals surface area contributed by atoms with E-state index >= 15 is 0 Å². The third-order valence-electron chi connectivity index (χ3n) is 4.70. The molecule has 3 aromatic carbocycles. The largest absolute Gasteiger partial charge is 0.483 e. The fourth-order valence-corrected chi connectivity index (χ4v) is 3.12. The Morgan fingerprint density at radius 1 is 0.939 bits per heavy atom. The number of amides is 1. The van der Waals surface area contributed by atoms with Gasteiger partial charge >= 0.3 is 0 Å². The van der Waals surface area contributed by atoms with Crippen molar-refractivity contribution in [3.8, 4) is 28.2 Å². The molecule has 8 heteroatoms. The van der Waals surface area contributed by atoms with Gasteiger partial charge in [0.2, 0.25) is 0 Å². The molecule has 33 heavy (non-hydrogen) atoms. The summed E-state index contributed by atoms with van der Waals surface area (Å²) in [5.74, 6) is 1.12. The van der Waals surface area contributed by atoms with Crippen LogP contribution in [0.3, 0.4) is 0 Å². The van der Waals surface area contributed by atoms with E-state index in [0.29, 0.717) is 22.8 Å². The quantitative estimate of drug-likeness (QED) is 0.234. The van der Waals surface area contributed by atoms with E-state index in [1.807, 2.05) is 48.5 Å². The van der Waals surface area contributed by atoms with E-state index in [2.05, 4.69) is 10.5 Å². The molecule has 4 rings (SSSR count). The molecular formula is C25H19N3O5. The van der Waals surface area contributed by atoms with Gasteiger partial charge < -0.3 is 9.15 Å². The summed E-state index contributed by atoms with van der Waals surface area (Å²) in [7, 11) is 0. The van der Waals surface area contributed by atoms with Crippen LogP contribution in [-0.2, 0) is 4.79 Å². The lowest BCUT2D eigenvalue weighted by Gasteiger charge is -2.10. The topological polar surface area (TPSA) is 107 Å².